The van der Waals surface area contributed by atoms with Crippen molar-refractivity contribution in [1.29, 1.82) is 0 Å². The normalized spacial score (nSPS) is 10.6. The lowest BCUT2D eigenvalue weighted by molar-refractivity contribution is 0.0437. The number of carbonyl (C=O) groups is 1. The third-order valence-electron chi connectivity index (χ3n) is 2.55. The molecule has 0 aliphatic carbocycles. The van der Waals surface area contributed by atoms with Crippen LogP contribution >= 0.6 is 11.3 Å². The Labute approximate surface area is 110 Å². The molecule has 96 valence electrons. The summed E-state index contributed by atoms with van der Waals surface area (Å²) in [4.78, 5) is 17.0. The van der Waals surface area contributed by atoms with Crippen molar-refractivity contribution in [2.45, 2.75) is 33.8 Å². The van der Waals surface area contributed by atoms with Crippen LogP contribution in [0, 0.1) is 13.8 Å². The van der Waals surface area contributed by atoms with E-state index < -0.39 is 5.97 Å². The maximum atomic E-state index is 11.7. The molecular weight excluding hydrogens is 250 g/mol. The Morgan fingerprint density at radius 1 is 1.44 bits per heavy atom. The van der Waals surface area contributed by atoms with Crippen LogP contribution in [0.5, 0.6) is 0 Å². The number of nitrogens with zero attached hydrogens (tertiary/aromatic N) is 1. The van der Waals surface area contributed by atoms with Crippen LogP contribution in [-0.2, 0) is 17.8 Å². The molecule has 0 N–H and O–H groups in total. The number of ether oxygens (including phenoxy) is 1. The van der Waals surface area contributed by atoms with E-state index in [0.717, 1.165) is 27.8 Å². The highest BCUT2D eigenvalue weighted by Crippen LogP contribution is 2.19. The van der Waals surface area contributed by atoms with Gasteiger partial charge in [-0.2, -0.15) is 0 Å². The number of esters is 1. The van der Waals surface area contributed by atoms with E-state index in [2.05, 4.69) is 4.98 Å². The Bertz CT molecular complexity index is 556. The lowest BCUT2D eigenvalue weighted by Crippen LogP contribution is -2.03. The van der Waals surface area contributed by atoms with E-state index in [1.807, 2.05) is 20.8 Å². The zero-order valence-corrected chi connectivity index (χ0v) is 11.5. The third kappa shape index (κ3) is 2.79. The standard InChI is InChI=1S/C13H15NO3S/c1-4-10-5-6-11(17-10)13(15)16-7-12-8(2)14-9(3)18-12/h5-6H,4,7H2,1-3H3. The molecule has 2 heterocycles. The largest absolute Gasteiger partial charge is 0.454 e. The topological polar surface area (TPSA) is 52.3 Å². The van der Waals surface area contributed by atoms with Crippen molar-refractivity contribution in [3.8, 4) is 0 Å². The van der Waals surface area contributed by atoms with Crippen LogP contribution in [0.4, 0.5) is 0 Å². The first-order valence-corrected chi connectivity index (χ1v) is 6.60. The maximum Gasteiger partial charge on any atom is 0.374 e. The van der Waals surface area contributed by atoms with Crippen molar-refractivity contribution < 1.29 is 13.9 Å². The number of carbonyl (C=O) groups excluding carboxylic acids is 1. The number of hydrogen-bond acceptors (Lipinski definition) is 5. The Hall–Kier alpha value is -1.62. The van der Waals surface area contributed by atoms with Gasteiger partial charge < -0.3 is 9.15 Å². The second-order valence-corrected chi connectivity index (χ2v) is 5.22. The van der Waals surface area contributed by atoms with Crippen LogP contribution in [-0.4, -0.2) is 11.0 Å². The number of hydrogen-bond donors (Lipinski definition) is 0. The minimum absolute atomic E-state index is 0.248. The molecule has 0 saturated carbocycles. The summed E-state index contributed by atoms with van der Waals surface area (Å²) in [5.41, 5.74) is 0.916. The average Bonchev–Trinajstić information content (AvgIpc) is 2.93. The van der Waals surface area contributed by atoms with Gasteiger partial charge in [-0.15, -0.1) is 11.3 Å². The fourth-order valence-electron chi connectivity index (χ4n) is 1.59. The average molecular weight is 265 g/mol. The zero-order valence-electron chi connectivity index (χ0n) is 10.6. The van der Waals surface area contributed by atoms with Crippen LogP contribution in [0.25, 0.3) is 0 Å². The van der Waals surface area contributed by atoms with E-state index in [-0.39, 0.29) is 12.4 Å². The van der Waals surface area contributed by atoms with Gasteiger partial charge in [-0.1, -0.05) is 6.92 Å². The molecule has 0 amide bonds. The van der Waals surface area contributed by atoms with E-state index in [9.17, 15) is 4.79 Å². The SMILES string of the molecule is CCc1ccc(C(=O)OCc2sc(C)nc2C)o1. The Morgan fingerprint density at radius 2 is 2.22 bits per heavy atom. The summed E-state index contributed by atoms with van der Waals surface area (Å²) in [6, 6.07) is 3.44. The summed E-state index contributed by atoms with van der Waals surface area (Å²) in [6.45, 7) is 6.06. The molecule has 2 aromatic rings. The van der Waals surface area contributed by atoms with Crippen molar-refractivity contribution >= 4 is 17.3 Å². The predicted molar refractivity (Wildman–Crippen MR) is 68.8 cm³/mol. The van der Waals surface area contributed by atoms with Crippen molar-refractivity contribution in [1.82, 2.24) is 4.98 Å². The second kappa shape index (κ2) is 5.35. The van der Waals surface area contributed by atoms with E-state index >= 15 is 0 Å². The molecule has 2 rings (SSSR count). The molecule has 0 saturated heterocycles. The first-order valence-electron chi connectivity index (χ1n) is 5.79. The first kappa shape index (κ1) is 12.8. The highest BCUT2D eigenvalue weighted by Gasteiger charge is 2.14. The molecule has 4 nitrogen and oxygen atoms in total. The van der Waals surface area contributed by atoms with E-state index in [1.54, 1.807) is 23.5 Å². The van der Waals surface area contributed by atoms with Crippen LogP contribution in [0.15, 0.2) is 16.5 Å². The van der Waals surface area contributed by atoms with Crippen molar-refractivity contribution in [2.75, 3.05) is 0 Å². The van der Waals surface area contributed by atoms with Crippen molar-refractivity contribution in [2.24, 2.45) is 0 Å². The molecule has 0 fully saturated rings. The number of aromatic nitrogens is 1. The van der Waals surface area contributed by atoms with Crippen LogP contribution in [0.3, 0.4) is 0 Å². The van der Waals surface area contributed by atoms with Crippen molar-refractivity contribution in [3.05, 3.63) is 39.2 Å². The van der Waals surface area contributed by atoms with Gasteiger partial charge >= 0.3 is 5.97 Å². The van der Waals surface area contributed by atoms with Gasteiger partial charge in [-0.25, -0.2) is 9.78 Å². The van der Waals surface area contributed by atoms with E-state index in [4.69, 9.17) is 9.15 Å². The Morgan fingerprint density at radius 3 is 2.78 bits per heavy atom. The van der Waals surface area contributed by atoms with Crippen LogP contribution in [0.1, 0.15) is 38.8 Å². The fourth-order valence-corrected chi connectivity index (χ4v) is 2.44. The van der Waals surface area contributed by atoms with Gasteiger partial charge in [0.1, 0.15) is 12.4 Å². The van der Waals surface area contributed by atoms with Crippen molar-refractivity contribution in [3.63, 3.8) is 0 Å². The third-order valence-corrected chi connectivity index (χ3v) is 3.59. The molecular formula is C13H15NO3S. The minimum Gasteiger partial charge on any atom is -0.454 e. The van der Waals surface area contributed by atoms with Gasteiger partial charge in [0.25, 0.3) is 0 Å². The minimum atomic E-state index is -0.430. The van der Waals surface area contributed by atoms with Gasteiger partial charge in [0.05, 0.1) is 15.6 Å². The van der Waals surface area contributed by atoms with Gasteiger partial charge in [0.2, 0.25) is 5.76 Å². The highest BCUT2D eigenvalue weighted by molar-refractivity contribution is 7.11. The monoisotopic (exact) mass is 265 g/mol. The lowest BCUT2D eigenvalue weighted by Gasteiger charge is -2.01. The molecule has 0 radical (unpaired) electrons. The molecule has 0 atom stereocenters. The Balaban J connectivity index is 1.98. The molecule has 2 aromatic heterocycles. The summed E-state index contributed by atoms with van der Waals surface area (Å²) in [5, 5.41) is 0.977. The molecule has 0 aromatic carbocycles. The summed E-state index contributed by atoms with van der Waals surface area (Å²) >= 11 is 1.54. The van der Waals surface area contributed by atoms with E-state index in [0.29, 0.717) is 0 Å². The summed E-state index contributed by atoms with van der Waals surface area (Å²) < 4.78 is 10.5. The zero-order chi connectivity index (χ0) is 13.1. The molecule has 0 unspecified atom stereocenters. The summed E-state index contributed by atoms with van der Waals surface area (Å²) in [7, 11) is 0. The lowest BCUT2D eigenvalue weighted by atomic mass is 10.3. The van der Waals surface area contributed by atoms with Gasteiger partial charge in [-0.3, -0.25) is 0 Å². The molecule has 0 aliphatic rings. The molecule has 0 bridgehead atoms. The van der Waals surface area contributed by atoms with E-state index in [1.165, 1.54) is 0 Å². The number of furan rings is 1. The number of thiazole rings is 1. The molecule has 18 heavy (non-hydrogen) atoms. The highest BCUT2D eigenvalue weighted by atomic mass is 32.1. The fraction of sp³-hybridized carbons (Fsp3) is 0.385. The van der Waals surface area contributed by atoms with Crippen LogP contribution in [0.2, 0.25) is 0 Å². The van der Waals surface area contributed by atoms with Crippen LogP contribution < -0.4 is 0 Å². The molecule has 5 heteroatoms. The first-order chi connectivity index (χ1) is 8.60. The molecule has 0 spiro atoms. The van der Waals surface area contributed by atoms with Gasteiger partial charge in [-0.05, 0) is 26.0 Å². The predicted octanol–water partition coefficient (Wildman–Crippen LogP) is 3.27. The number of aryl methyl sites for hydroxylation is 3. The Kier molecular flexibility index (Phi) is 3.81. The quantitative estimate of drug-likeness (QED) is 0.796. The van der Waals surface area contributed by atoms with Gasteiger partial charge in [0.15, 0.2) is 0 Å². The molecule has 0 aliphatic heterocycles. The summed E-state index contributed by atoms with van der Waals surface area (Å²) in [5.74, 6) is 0.609. The number of rotatable bonds is 4. The van der Waals surface area contributed by atoms with Gasteiger partial charge in [0, 0.05) is 6.42 Å². The smallest absolute Gasteiger partial charge is 0.374 e. The maximum absolute atomic E-state index is 11.7. The summed E-state index contributed by atoms with van der Waals surface area (Å²) in [6.07, 6.45) is 0.764. The second-order valence-electron chi connectivity index (χ2n) is 3.94.